The molecular formula is C7H9N3O2. The molecular weight excluding hydrogens is 158 g/mol. The molecule has 1 aromatic rings. The molecule has 0 aromatic heterocycles. The van der Waals surface area contributed by atoms with Crippen LogP contribution in [0.3, 0.4) is 0 Å². The van der Waals surface area contributed by atoms with Crippen molar-refractivity contribution in [2.45, 2.75) is 0 Å². The second-order valence-corrected chi connectivity index (χ2v) is 2.37. The number of carboxylic acids is 1. The minimum atomic E-state index is -1.11. The number of anilines is 3. The Morgan fingerprint density at radius 2 is 1.58 bits per heavy atom. The van der Waals surface area contributed by atoms with Gasteiger partial charge in [0.25, 0.3) is 0 Å². The summed E-state index contributed by atoms with van der Waals surface area (Å²) in [6, 6.07) is 2.58. The molecule has 64 valence electrons. The zero-order chi connectivity index (χ0) is 9.30. The summed E-state index contributed by atoms with van der Waals surface area (Å²) < 4.78 is 0. The van der Waals surface area contributed by atoms with Crippen LogP contribution in [0.2, 0.25) is 0 Å². The summed E-state index contributed by atoms with van der Waals surface area (Å²) in [7, 11) is 0. The molecule has 0 saturated heterocycles. The summed E-state index contributed by atoms with van der Waals surface area (Å²) in [5.41, 5.74) is 16.8. The fraction of sp³-hybridized carbons (Fsp3) is 0. The lowest BCUT2D eigenvalue weighted by atomic mass is 10.1. The molecule has 12 heavy (non-hydrogen) atoms. The third kappa shape index (κ3) is 1.24. The molecule has 0 atom stereocenters. The Kier molecular flexibility index (Phi) is 1.78. The van der Waals surface area contributed by atoms with Gasteiger partial charge < -0.3 is 22.3 Å². The minimum Gasteiger partial charge on any atom is -0.478 e. The van der Waals surface area contributed by atoms with E-state index in [4.69, 9.17) is 22.3 Å². The average Bonchev–Trinajstić information content (AvgIpc) is 1.96. The highest BCUT2D eigenvalue weighted by Crippen LogP contribution is 2.22. The zero-order valence-electron chi connectivity index (χ0n) is 6.24. The smallest absolute Gasteiger partial charge is 0.337 e. The number of carbonyl (C=O) groups is 1. The predicted octanol–water partition coefficient (Wildman–Crippen LogP) is 0.131. The first kappa shape index (κ1) is 8.19. The fourth-order valence-corrected chi connectivity index (χ4v) is 0.836. The molecule has 1 rings (SSSR count). The van der Waals surface area contributed by atoms with Gasteiger partial charge in [-0.1, -0.05) is 0 Å². The molecule has 7 N–H and O–H groups in total. The summed E-state index contributed by atoms with van der Waals surface area (Å²) in [6.07, 6.45) is 0. The van der Waals surface area contributed by atoms with Gasteiger partial charge in [0.2, 0.25) is 0 Å². The lowest BCUT2D eigenvalue weighted by Gasteiger charge is -2.04. The SMILES string of the molecule is Nc1cc(N)c(C(=O)O)cc1N. The van der Waals surface area contributed by atoms with Crippen LogP contribution in [0, 0.1) is 0 Å². The number of hydrogen-bond acceptors (Lipinski definition) is 4. The number of hydrogen-bond donors (Lipinski definition) is 4. The van der Waals surface area contributed by atoms with E-state index in [0.717, 1.165) is 0 Å². The van der Waals surface area contributed by atoms with Crippen molar-refractivity contribution in [1.29, 1.82) is 0 Å². The van der Waals surface area contributed by atoms with Gasteiger partial charge in [0.15, 0.2) is 0 Å². The Bertz CT molecular complexity index is 336. The van der Waals surface area contributed by atoms with Crippen molar-refractivity contribution in [3.63, 3.8) is 0 Å². The van der Waals surface area contributed by atoms with E-state index in [1.807, 2.05) is 0 Å². The summed E-state index contributed by atoms with van der Waals surface area (Å²) in [6.45, 7) is 0. The van der Waals surface area contributed by atoms with Gasteiger partial charge in [-0.2, -0.15) is 0 Å². The number of aromatic carboxylic acids is 1. The maximum absolute atomic E-state index is 10.5. The maximum Gasteiger partial charge on any atom is 0.337 e. The third-order valence-corrected chi connectivity index (χ3v) is 1.49. The molecule has 0 amide bonds. The molecule has 0 spiro atoms. The number of nitrogen functional groups attached to an aromatic ring is 3. The van der Waals surface area contributed by atoms with Crippen molar-refractivity contribution in [3.8, 4) is 0 Å². The number of nitrogens with two attached hydrogens (primary N) is 3. The maximum atomic E-state index is 10.5. The van der Waals surface area contributed by atoms with Gasteiger partial charge in [0.1, 0.15) is 0 Å². The lowest BCUT2D eigenvalue weighted by Crippen LogP contribution is -2.05. The van der Waals surface area contributed by atoms with Crippen molar-refractivity contribution in [2.75, 3.05) is 17.2 Å². The first-order valence-corrected chi connectivity index (χ1v) is 3.20. The molecule has 5 heteroatoms. The van der Waals surface area contributed by atoms with Crippen molar-refractivity contribution < 1.29 is 9.90 Å². The molecule has 0 heterocycles. The molecule has 0 radical (unpaired) electrons. The highest BCUT2D eigenvalue weighted by atomic mass is 16.4. The Balaban J connectivity index is 3.33. The van der Waals surface area contributed by atoms with Crippen LogP contribution in [-0.2, 0) is 0 Å². The van der Waals surface area contributed by atoms with Crippen LogP contribution >= 0.6 is 0 Å². The Hall–Kier alpha value is -1.91. The monoisotopic (exact) mass is 167 g/mol. The van der Waals surface area contributed by atoms with E-state index in [1.54, 1.807) is 0 Å². The van der Waals surface area contributed by atoms with Gasteiger partial charge in [-0.05, 0) is 12.1 Å². The van der Waals surface area contributed by atoms with E-state index in [9.17, 15) is 4.79 Å². The van der Waals surface area contributed by atoms with E-state index >= 15 is 0 Å². The average molecular weight is 167 g/mol. The van der Waals surface area contributed by atoms with Crippen LogP contribution in [0.25, 0.3) is 0 Å². The molecule has 0 bridgehead atoms. The quantitative estimate of drug-likeness (QED) is 0.444. The van der Waals surface area contributed by atoms with Gasteiger partial charge in [0, 0.05) is 5.69 Å². The van der Waals surface area contributed by atoms with Crippen LogP contribution in [0.4, 0.5) is 17.1 Å². The fourth-order valence-electron chi connectivity index (χ4n) is 0.836. The van der Waals surface area contributed by atoms with Gasteiger partial charge >= 0.3 is 5.97 Å². The largest absolute Gasteiger partial charge is 0.478 e. The molecule has 0 saturated carbocycles. The van der Waals surface area contributed by atoms with E-state index in [1.165, 1.54) is 12.1 Å². The van der Waals surface area contributed by atoms with Crippen molar-refractivity contribution in [3.05, 3.63) is 17.7 Å². The first-order chi connectivity index (χ1) is 5.52. The second kappa shape index (κ2) is 2.61. The first-order valence-electron chi connectivity index (χ1n) is 3.20. The van der Waals surface area contributed by atoms with Crippen LogP contribution < -0.4 is 17.2 Å². The van der Waals surface area contributed by atoms with E-state index < -0.39 is 5.97 Å². The summed E-state index contributed by atoms with van der Waals surface area (Å²) in [5, 5.41) is 8.60. The number of rotatable bonds is 1. The Morgan fingerprint density at radius 3 is 2.08 bits per heavy atom. The molecule has 0 aliphatic carbocycles. The zero-order valence-corrected chi connectivity index (χ0v) is 6.24. The minimum absolute atomic E-state index is 0.0262. The van der Waals surface area contributed by atoms with Crippen LogP contribution in [-0.4, -0.2) is 11.1 Å². The molecule has 0 aliphatic heterocycles. The van der Waals surface area contributed by atoms with Crippen LogP contribution in [0.5, 0.6) is 0 Å². The van der Waals surface area contributed by atoms with E-state index in [-0.39, 0.29) is 22.6 Å². The lowest BCUT2D eigenvalue weighted by molar-refractivity contribution is 0.0698. The molecule has 0 unspecified atom stereocenters. The number of carboxylic acid groups (broad SMARTS) is 1. The molecule has 5 nitrogen and oxygen atoms in total. The van der Waals surface area contributed by atoms with E-state index in [0.29, 0.717) is 0 Å². The third-order valence-electron chi connectivity index (χ3n) is 1.49. The van der Waals surface area contributed by atoms with Crippen molar-refractivity contribution >= 4 is 23.0 Å². The topological polar surface area (TPSA) is 115 Å². The molecule has 0 aliphatic rings. The van der Waals surface area contributed by atoms with E-state index in [2.05, 4.69) is 0 Å². The van der Waals surface area contributed by atoms with Gasteiger partial charge in [-0.25, -0.2) is 4.79 Å². The van der Waals surface area contributed by atoms with Gasteiger partial charge in [-0.3, -0.25) is 0 Å². The van der Waals surface area contributed by atoms with Crippen molar-refractivity contribution in [1.82, 2.24) is 0 Å². The van der Waals surface area contributed by atoms with Gasteiger partial charge in [0.05, 0.1) is 16.9 Å². The summed E-state index contributed by atoms with van der Waals surface area (Å²) >= 11 is 0. The van der Waals surface area contributed by atoms with Crippen LogP contribution in [0.15, 0.2) is 12.1 Å². The Labute approximate surface area is 68.8 Å². The molecule has 0 fully saturated rings. The molecule has 1 aromatic carbocycles. The van der Waals surface area contributed by atoms with Gasteiger partial charge in [-0.15, -0.1) is 0 Å². The summed E-state index contributed by atoms with van der Waals surface area (Å²) in [5.74, 6) is -1.11. The second-order valence-electron chi connectivity index (χ2n) is 2.37. The van der Waals surface area contributed by atoms with Crippen LogP contribution in [0.1, 0.15) is 10.4 Å². The highest BCUT2D eigenvalue weighted by Gasteiger charge is 2.09. The highest BCUT2D eigenvalue weighted by molar-refractivity contribution is 5.96. The standard InChI is InChI=1S/C7H9N3O2/c8-4-2-6(10)5(9)1-3(4)7(11)12/h1-2H,8-10H2,(H,11,12). The normalized spacial score (nSPS) is 9.67. The van der Waals surface area contributed by atoms with Crippen molar-refractivity contribution in [2.24, 2.45) is 0 Å². The predicted molar refractivity (Wildman–Crippen MR) is 46.6 cm³/mol. The summed E-state index contributed by atoms with van der Waals surface area (Å²) in [4.78, 5) is 10.5. The Morgan fingerprint density at radius 1 is 1.08 bits per heavy atom. The number of benzene rings is 1.